The number of aromatic carboxylic acids is 1. The Morgan fingerprint density at radius 1 is 1.29 bits per heavy atom. The normalized spacial score (nSPS) is 37.0. The van der Waals surface area contributed by atoms with Gasteiger partial charge in [0.05, 0.1) is 11.3 Å². The van der Waals surface area contributed by atoms with Crippen LogP contribution in [0.15, 0.2) is 18.5 Å². The maximum atomic E-state index is 11.7. The highest BCUT2D eigenvalue weighted by Crippen LogP contribution is 2.56. The highest BCUT2D eigenvalue weighted by atomic mass is 16.4. The van der Waals surface area contributed by atoms with Crippen molar-refractivity contribution in [2.45, 2.75) is 43.7 Å². The number of anilines is 1. The van der Waals surface area contributed by atoms with Gasteiger partial charge in [0, 0.05) is 23.8 Å². The summed E-state index contributed by atoms with van der Waals surface area (Å²) < 4.78 is 0. The molecule has 0 aromatic carbocycles. The van der Waals surface area contributed by atoms with Gasteiger partial charge in [-0.15, -0.1) is 0 Å². The standard InChI is InChI=1S/C18H21N3O3/c22-17(23)13-8-20-16-12(1-2-19-16)15(13)21-14-10-3-9-4-11(14)7-18(24,5-9)6-10/h1-2,8-11,14,24H,3-7H2,(H,22,23)(H2,19,20,21). The number of carbonyl (C=O) groups is 1. The van der Waals surface area contributed by atoms with E-state index in [-0.39, 0.29) is 11.6 Å². The molecule has 4 N–H and O–H groups in total. The molecule has 4 aliphatic rings. The number of hydrogen-bond donors (Lipinski definition) is 4. The molecule has 2 aromatic heterocycles. The first-order valence-corrected chi connectivity index (χ1v) is 8.71. The minimum absolute atomic E-state index is 0.217. The zero-order valence-electron chi connectivity index (χ0n) is 13.3. The fourth-order valence-corrected chi connectivity index (χ4v) is 5.71. The molecule has 2 aromatic rings. The minimum atomic E-state index is -0.962. The second-order valence-electron chi connectivity index (χ2n) is 7.96. The maximum absolute atomic E-state index is 11.7. The first kappa shape index (κ1) is 14.3. The van der Waals surface area contributed by atoms with Crippen molar-refractivity contribution in [3.8, 4) is 0 Å². The van der Waals surface area contributed by atoms with Crippen LogP contribution in [0.4, 0.5) is 5.69 Å². The molecule has 24 heavy (non-hydrogen) atoms. The van der Waals surface area contributed by atoms with Crippen LogP contribution in [0.2, 0.25) is 0 Å². The SMILES string of the molecule is O=C(O)c1cnc2[nH]ccc2c1NC1C2CC3CC1CC(O)(C3)C2. The second kappa shape index (κ2) is 4.72. The third-order valence-electron chi connectivity index (χ3n) is 6.37. The molecule has 2 unspecified atom stereocenters. The van der Waals surface area contributed by atoms with Crippen LogP contribution in [-0.2, 0) is 0 Å². The molecular weight excluding hydrogens is 306 g/mol. The lowest BCUT2D eigenvalue weighted by Crippen LogP contribution is -2.59. The van der Waals surface area contributed by atoms with E-state index in [4.69, 9.17) is 0 Å². The van der Waals surface area contributed by atoms with E-state index in [1.807, 2.05) is 6.07 Å². The van der Waals surface area contributed by atoms with Crippen LogP contribution >= 0.6 is 0 Å². The van der Waals surface area contributed by atoms with Crippen molar-refractivity contribution < 1.29 is 15.0 Å². The Balaban J connectivity index is 1.54. The number of carboxylic acids is 1. The van der Waals surface area contributed by atoms with Gasteiger partial charge in [-0.3, -0.25) is 0 Å². The minimum Gasteiger partial charge on any atom is -0.478 e. The van der Waals surface area contributed by atoms with Gasteiger partial charge in [-0.1, -0.05) is 0 Å². The zero-order chi connectivity index (χ0) is 16.5. The van der Waals surface area contributed by atoms with Gasteiger partial charge in [0.25, 0.3) is 0 Å². The van der Waals surface area contributed by atoms with Crippen LogP contribution in [0.3, 0.4) is 0 Å². The molecule has 4 fully saturated rings. The molecule has 2 heterocycles. The Morgan fingerprint density at radius 2 is 2.04 bits per heavy atom. The summed E-state index contributed by atoms with van der Waals surface area (Å²) in [5.41, 5.74) is 1.10. The maximum Gasteiger partial charge on any atom is 0.339 e. The molecule has 126 valence electrons. The first-order chi connectivity index (χ1) is 11.5. The number of fused-ring (bicyclic) bond motifs is 1. The highest BCUT2D eigenvalue weighted by Gasteiger charge is 2.54. The molecular formula is C18H21N3O3. The summed E-state index contributed by atoms with van der Waals surface area (Å²) in [5, 5.41) is 24.7. The first-order valence-electron chi connectivity index (χ1n) is 8.71. The summed E-state index contributed by atoms with van der Waals surface area (Å²) in [6.45, 7) is 0. The molecule has 6 rings (SSSR count). The van der Waals surface area contributed by atoms with E-state index in [1.165, 1.54) is 6.20 Å². The molecule has 0 saturated heterocycles. The van der Waals surface area contributed by atoms with Gasteiger partial charge in [-0.2, -0.15) is 0 Å². The molecule has 6 nitrogen and oxygen atoms in total. The third kappa shape index (κ3) is 1.99. The number of nitrogens with one attached hydrogen (secondary N) is 2. The number of hydrogen-bond acceptors (Lipinski definition) is 4. The van der Waals surface area contributed by atoms with Gasteiger partial charge >= 0.3 is 5.97 Å². The van der Waals surface area contributed by atoms with Crippen molar-refractivity contribution >= 4 is 22.7 Å². The van der Waals surface area contributed by atoms with Gasteiger partial charge in [0.1, 0.15) is 11.2 Å². The second-order valence-corrected chi connectivity index (χ2v) is 7.96. The molecule has 0 amide bonds. The molecule has 4 aliphatic carbocycles. The lowest BCUT2D eigenvalue weighted by molar-refractivity contribution is -0.129. The van der Waals surface area contributed by atoms with E-state index >= 15 is 0 Å². The monoisotopic (exact) mass is 327 g/mol. The summed E-state index contributed by atoms with van der Waals surface area (Å²) in [6.07, 6.45) is 8.11. The zero-order valence-corrected chi connectivity index (χ0v) is 13.3. The molecule has 0 spiro atoms. The van der Waals surface area contributed by atoms with Crippen LogP contribution < -0.4 is 5.32 Å². The topological polar surface area (TPSA) is 98.2 Å². The highest BCUT2D eigenvalue weighted by molar-refractivity contribution is 6.03. The van der Waals surface area contributed by atoms with Crippen molar-refractivity contribution in [1.82, 2.24) is 9.97 Å². The molecule has 4 saturated carbocycles. The number of pyridine rings is 1. The fraction of sp³-hybridized carbons (Fsp3) is 0.556. The van der Waals surface area contributed by atoms with Crippen molar-refractivity contribution in [3.63, 3.8) is 0 Å². The number of H-pyrrole nitrogens is 1. The van der Waals surface area contributed by atoms with Crippen LogP contribution in [-0.4, -0.2) is 37.8 Å². The molecule has 2 atom stereocenters. The summed E-state index contributed by atoms with van der Waals surface area (Å²) >= 11 is 0. The van der Waals surface area contributed by atoms with Gasteiger partial charge in [0.2, 0.25) is 0 Å². The summed E-state index contributed by atoms with van der Waals surface area (Å²) in [4.78, 5) is 18.9. The van der Waals surface area contributed by atoms with E-state index in [9.17, 15) is 15.0 Å². The van der Waals surface area contributed by atoms with Gasteiger partial charge < -0.3 is 20.5 Å². The Kier molecular flexibility index (Phi) is 2.81. The fourth-order valence-electron chi connectivity index (χ4n) is 5.71. The average Bonchev–Trinajstić information content (AvgIpc) is 2.97. The Bertz CT molecular complexity index is 814. The predicted octanol–water partition coefficient (Wildman–Crippen LogP) is 2.61. The van der Waals surface area contributed by atoms with Crippen molar-refractivity contribution in [2.24, 2.45) is 17.8 Å². The van der Waals surface area contributed by atoms with Crippen molar-refractivity contribution in [2.75, 3.05) is 5.32 Å². The molecule has 4 bridgehead atoms. The Labute approximate surface area is 139 Å². The number of nitrogens with zero attached hydrogens (tertiary/aromatic N) is 1. The van der Waals surface area contributed by atoms with E-state index in [0.717, 1.165) is 37.5 Å². The third-order valence-corrected chi connectivity index (χ3v) is 6.37. The quantitative estimate of drug-likeness (QED) is 0.695. The van der Waals surface area contributed by atoms with Crippen LogP contribution in [0, 0.1) is 17.8 Å². The van der Waals surface area contributed by atoms with Gasteiger partial charge in [-0.25, -0.2) is 9.78 Å². The summed E-state index contributed by atoms with van der Waals surface area (Å²) in [7, 11) is 0. The van der Waals surface area contributed by atoms with E-state index < -0.39 is 11.6 Å². The Hall–Kier alpha value is -2.08. The van der Waals surface area contributed by atoms with E-state index in [0.29, 0.717) is 29.1 Å². The van der Waals surface area contributed by atoms with Gasteiger partial charge in [-0.05, 0) is 55.9 Å². The van der Waals surface area contributed by atoms with Crippen LogP contribution in [0.5, 0.6) is 0 Å². The predicted molar refractivity (Wildman–Crippen MR) is 89.0 cm³/mol. The van der Waals surface area contributed by atoms with Crippen LogP contribution in [0.25, 0.3) is 11.0 Å². The number of aromatic amines is 1. The lowest BCUT2D eigenvalue weighted by atomic mass is 9.52. The van der Waals surface area contributed by atoms with E-state index in [1.54, 1.807) is 6.20 Å². The number of rotatable bonds is 3. The molecule has 0 aliphatic heterocycles. The lowest BCUT2D eigenvalue weighted by Gasteiger charge is -2.58. The number of carboxylic acid groups (broad SMARTS) is 1. The molecule has 0 radical (unpaired) electrons. The average molecular weight is 327 g/mol. The Morgan fingerprint density at radius 3 is 2.71 bits per heavy atom. The summed E-state index contributed by atoms with van der Waals surface area (Å²) in [5.74, 6) is 0.514. The van der Waals surface area contributed by atoms with Crippen molar-refractivity contribution in [1.29, 1.82) is 0 Å². The largest absolute Gasteiger partial charge is 0.478 e. The summed E-state index contributed by atoms with van der Waals surface area (Å²) in [6, 6.07) is 2.11. The van der Waals surface area contributed by atoms with Gasteiger partial charge in [0.15, 0.2) is 0 Å². The number of aromatic nitrogens is 2. The van der Waals surface area contributed by atoms with E-state index in [2.05, 4.69) is 15.3 Å². The van der Waals surface area contributed by atoms with Crippen LogP contribution in [0.1, 0.15) is 42.5 Å². The van der Waals surface area contributed by atoms with Crippen molar-refractivity contribution in [3.05, 3.63) is 24.0 Å². The molecule has 6 heteroatoms. The smallest absolute Gasteiger partial charge is 0.339 e. The number of aliphatic hydroxyl groups is 1.